The molecule has 1 aromatic heterocycles. The Hall–Kier alpha value is -3.20. The van der Waals surface area contributed by atoms with Gasteiger partial charge in [0.25, 0.3) is 0 Å². The van der Waals surface area contributed by atoms with E-state index in [1.807, 2.05) is 63.2 Å². The monoisotopic (exact) mass is 424 g/mol. The van der Waals surface area contributed by atoms with Crippen molar-refractivity contribution in [2.75, 3.05) is 17.6 Å². The smallest absolute Gasteiger partial charge is 0.243 e. The number of benzene rings is 2. The first kappa shape index (κ1) is 21.5. The number of tetrazole rings is 1. The van der Waals surface area contributed by atoms with Crippen LogP contribution < -0.4 is 10.6 Å². The topological polar surface area (TPSA) is 102 Å². The van der Waals surface area contributed by atoms with E-state index in [9.17, 15) is 9.59 Å². The molecule has 1 heterocycles. The number of anilines is 1. The fraction of sp³-hybridized carbons (Fsp3) is 0.286. The van der Waals surface area contributed by atoms with E-state index in [0.29, 0.717) is 5.16 Å². The van der Waals surface area contributed by atoms with Crippen molar-refractivity contribution in [2.24, 2.45) is 0 Å². The van der Waals surface area contributed by atoms with Gasteiger partial charge in [0.1, 0.15) is 0 Å². The second-order valence-corrected chi connectivity index (χ2v) is 7.68. The number of amides is 2. The predicted molar refractivity (Wildman–Crippen MR) is 117 cm³/mol. The van der Waals surface area contributed by atoms with Crippen molar-refractivity contribution in [2.45, 2.75) is 32.3 Å². The SMILES string of the molecule is CCc1ccccc1NC(=O)CNC(=O)CSc1nnnn1-c1c(C)cccc1C. The predicted octanol–water partition coefficient (Wildman–Crippen LogP) is 2.69. The second-order valence-electron chi connectivity index (χ2n) is 6.74. The Morgan fingerprint density at radius 2 is 1.77 bits per heavy atom. The summed E-state index contributed by atoms with van der Waals surface area (Å²) >= 11 is 1.22. The van der Waals surface area contributed by atoms with Crippen LogP contribution in [-0.4, -0.2) is 44.3 Å². The van der Waals surface area contributed by atoms with E-state index in [4.69, 9.17) is 0 Å². The molecule has 156 valence electrons. The van der Waals surface area contributed by atoms with Crippen LogP contribution in [0.4, 0.5) is 5.69 Å². The third kappa shape index (κ3) is 5.24. The van der Waals surface area contributed by atoms with Crippen LogP contribution in [-0.2, 0) is 16.0 Å². The van der Waals surface area contributed by atoms with Gasteiger partial charge in [-0.15, -0.1) is 5.10 Å². The Morgan fingerprint density at radius 1 is 1.03 bits per heavy atom. The number of hydrogen-bond acceptors (Lipinski definition) is 6. The fourth-order valence-corrected chi connectivity index (χ4v) is 3.76. The van der Waals surface area contributed by atoms with Crippen LogP contribution in [0.3, 0.4) is 0 Å². The maximum atomic E-state index is 12.2. The molecular weight excluding hydrogens is 400 g/mol. The summed E-state index contributed by atoms with van der Waals surface area (Å²) in [6, 6.07) is 13.6. The molecule has 30 heavy (non-hydrogen) atoms. The highest BCUT2D eigenvalue weighted by molar-refractivity contribution is 7.99. The average molecular weight is 425 g/mol. The van der Waals surface area contributed by atoms with Crippen LogP contribution in [0.25, 0.3) is 5.69 Å². The summed E-state index contributed by atoms with van der Waals surface area (Å²) in [5.74, 6) is -0.436. The molecule has 0 saturated heterocycles. The van der Waals surface area contributed by atoms with E-state index in [1.54, 1.807) is 4.68 Å². The van der Waals surface area contributed by atoms with Gasteiger partial charge >= 0.3 is 0 Å². The van der Waals surface area contributed by atoms with Gasteiger partial charge in [0.2, 0.25) is 17.0 Å². The van der Waals surface area contributed by atoms with Crippen molar-refractivity contribution in [3.05, 3.63) is 59.2 Å². The van der Waals surface area contributed by atoms with Gasteiger partial charge in [-0.2, -0.15) is 4.68 Å². The molecule has 0 unspecified atom stereocenters. The summed E-state index contributed by atoms with van der Waals surface area (Å²) in [5.41, 5.74) is 4.79. The molecule has 0 fully saturated rings. The van der Waals surface area contributed by atoms with Gasteiger partial charge in [0.15, 0.2) is 0 Å². The molecule has 0 saturated carbocycles. The third-order valence-corrected chi connectivity index (χ3v) is 5.46. The lowest BCUT2D eigenvalue weighted by atomic mass is 10.1. The number of nitrogens with one attached hydrogen (secondary N) is 2. The quantitative estimate of drug-likeness (QED) is 0.539. The molecule has 9 heteroatoms. The summed E-state index contributed by atoms with van der Waals surface area (Å²) < 4.78 is 1.64. The minimum atomic E-state index is -0.269. The maximum absolute atomic E-state index is 12.2. The van der Waals surface area contributed by atoms with E-state index in [2.05, 4.69) is 26.2 Å². The summed E-state index contributed by atoms with van der Waals surface area (Å²) in [4.78, 5) is 24.4. The van der Waals surface area contributed by atoms with Gasteiger partial charge in [-0.1, -0.05) is 55.1 Å². The van der Waals surface area contributed by atoms with Crippen molar-refractivity contribution < 1.29 is 9.59 Å². The molecule has 8 nitrogen and oxygen atoms in total. The lowest BCUT2D eigenvalue weighted by molar-refractivity contribution is -0.122. The van der Waals surface area contributed by atoms with Crippen molar-refractivity contribution in [1.82, 2.24) is 25.5 Å². The van der Waals surface area contributed by atoms with Crippen molar-refractivity contribution >= 4 is 29.3 Å². The zero-order chi connectivity index (χ0) is 21.5. The number of para-hydroxylation sites is 2. The maximum Gasteiger partial charge on any atom is 0.243 e. The van der Waals surface area contributed by atoms with Crippen LogP contribution in [0.1, 0.15) is 23.6 Å². The Morgan fingerprint density at radius 3 is 2.50 bits per heavy atom. The van der Waals surface area contributed by atoms with E-state index >= 15 is 0 Å². The number of thioether (sulfide) groups is 1. The Kier molecular flexibility index (Phi) is 7.18. The molecule has 0 atom stereocenters. The number of carbonyl (C=O) groups is 2. The molecular formula is C21H24N6O2S. The number of aryl methyl sites for hydroxylation is 3. The number of carbonyl (C=O) groups excluding carboxylic acids is 2. The number of hydrogen-bond donors (Lipinski definition) is 2. The van der Waals surface area contributed by atoms with Crippen LogP contribution in [0.15, 0.2) is 47.6 Å². The molecule has 0 aliphatic heterocycles. The number of nitrogens with zero attached hydrogens (tertiary/aromatic N) is 4. The van der Waals surface area contributed by atoms with Crippen molar-refractivity contribution in [3.8, 4) is 5.69 Å². The minimum absolute atomic E-state index is 0.0979. The Balaban J connectivity index is 1.54. The van der Waals surface area contributed by atoms with Gasteiger partial charge in [0.05, 0.1) is 18.0 Å². The van der Waals surface area contributed by atoms with Crippen molar-refractivity contribution in [3.63, 3.8) is 0 Å². The van der Waals surface area contributed by atoms with Crippen LogP contribution in [0.2, 0.25) is 0 Å². The first-order chi connectivity index (χ1) is 14.5. The molecule has 0 bridgehead atoms. The first-order valence-electron chi connectivity index (χ1n) is 9.61. The zero-order valence-electron chi connectivity index (χ0n) is 17.2. The molecule has 0 radical (unpaired) electrons. The van der Waals surface area contributed by atoms with E-state index in [1.165, 1.54) is 11.8 Å². The minimum Gasteiger partial charge on any atom is -0.346 e. The molecule has 3 aromatic rings. The first-order valence-corrected chi connectivity index (χ1v) is 10.6. The summed E-state index contributed by atoms with van der Waals surface area (Å²) in [6.45, 7) is 5.90. The van der Waals surface area contributed by atoms with Crippen LogP contribution in [0.5, 0.6) is 0 Å². The number of aromatic nitrogens is 4. The summed E-state index contributed by atoms with van der Waals surface area (Å²) in [5, 5.41) is 17.8. The summed E-state index contributed by atoms with van der Waals surface area (Å²) in [7, 11) is 0. The molecule has 2 amide bonds. The highest BCUT2D eigenvalue weighted by atomic mass is 32.2. The van der Waals surface area contributed by atoms with Crippen LogP contribution >= 0.6 is 11.8 Å². The van der Waals surface area contributed by atoms with E-state index in [0.717, 1.165) is 34.5 Å². The van der Waals surface area contributed by atoms with Gasteiger partial charge in [-0.3, -0.25) is 9.59 Å². The molecule has 2 aromatic carbocycles. The largest absolute Gasteiger partial charge is 0.346 e. The molecule has 3 rings (SSSR count). The van der Waals surface area contributed by atoms with E-state index < -0.39 is 0 Å². The molecule has 2 N–H and O–H groups in total. The van der Waals surface area contributed by atoms with Gasteiger partial charge in [-0.05, 0) is 53.5 Å². The Labute approximate surface area is 179 Å². The lowest BCUT2D eigenvalue weighted by Gasteiger charge is -2.11. The normalized spacial score (nSPS) is 10.6. The average Bonchev–Trinajstić information content (AvgIpc) is 3.19. The van der Waals surface area contributed by atoms with Gasteiger partial charge in [-0.25, -0.2) is 0 Å². The lowest BCUT2D eigenvalue weighted by Crippen LogP contribution is -2.34. The Bertz CT molecular complexity index is 1030. The van der Waals surface area contributed by atoms with Crippen LogP contribution in [0, 0.1) is 13.8 Å². The molecule has 0 aliphatic carbocycles. The second kappa shape index (κ2) is 10.0. The van der Waals surface area contributed by atoms with Gasteiger partial charge < -0.3 is 10.6 Å². The number of rotatable bonds is 8. The highest BCUT2D eigenvalue weighted by Crippen LogP contribution is 2.23. The fourth-order valence-electron chi connectivity index (χ4n) is 3.05. The summed E-state index contributed by atoms with van der Waals surface area (Å²) in [6.07, 6.45) is 0.814. The molecule has 0 aliphatic rings. The standard InChI is InChI=1S/C21H24N6O2S/c1-4-16-10-5-6-11-17(16)23-18(28)12-22-19(29)13-30-21-24-25-26-27(21)20-14(2)8-7-9-15(20)3/h5-11H,4,12-13H2,1-3H3,(H,22,29)(H,23,28). The molecule has 0 spiro atoms. The van der Waals surface area contributed by atoms with E-state index in [-0.39, 0.29) is 24.1 Å². The third-order valence-electron chi connectivity index (χ3n) is 4.54. The van der Waals surface area contributed by atoms with Crippen molar-refractivity contribution in [1.29, 1.82) is 0 Å². The van der Waals surface area contributed by atoms with Gasteiger partial charge in [0, 0.05) is 5.69 Å². The highest BCUT2D eigenvalue weighted by Gasteiger charge is 2.15. The zero-order valence-corrected chi connectivity index (χ0v) is 18.0.